The van der Waals surface area contributed by atoms with E-state index in [1.54, 1.807) is 17.9 Å². The maximum Gasteiger partial charge on any atom is 0.270 e. The van der Waals surface area contributed by atoms with Crippen LogP contribution < -0.4 is 5.73 Å². The Labute approximate surface area is 124 Å². The molecular weight excluding hydrogens is 270 g/mol. The molecule has 1 fully saturated rings. The molecular formula is C15H21N3O3. The first kappa shape index (κ1) is 15.4. The Morgan fingerprint density at radius 1 is 1.52 bits per heavy atom. The summed E-state index contributed by atoms with van der Waals surface area (Å²) in [5, 5.41) is 10.9. The van der Waals surface area contributed by atoms with Crippen molar-refractivity contribution in [1.29, 1.82) is 0 Å². The van der Waals surface area contributed by atoms with E-state index in [2.05, 4.69) is 6.92 Å². The molecule has 0 aliphatic carbocycles. The molecule has 1 heterocycles. The van der Waals surface area contributed by atoms with Crippen molar-refractivity contribution in [3.05, 3.63) is 39.4 Å². The highest BCUT2D eigenvalue weighted by Crippen LogP contribution is 2.25. The monoisotopic (exact) mass is 291 g/mol. The molecule has 1 amide bonds. The minimum Gasteiger partial charge on any atom is -0.338 e. The van der Waals surface area contributed by atoms with Crippen LogP contribution in [0.25, 0.3) is 0 Å². The molecule has 2 rings (SSSR count). The Hall–Kier alpha value is -1.95. The number of carbonyl (C=O) groups is 1. The predicted molar refractivity (Wildman–Crippen MR) is 80.1 cm³/mol. The van der Waals surface area contributed by atoms with Crippen LogP contribution in [-0.2, 0) is 0 Å². The van der Waals surface area contributed by atoms with Gasteiger partial charge < -0.3 is 10.6 Å². The molecule has 0 radical (unpaired) electrons. The van der Waals surface area contributed by atoms with Gasteiger partial charge in [-0.1, -0.05) is 13.0 Å². The number of nitro benzene ring substituents is 1. The van der Waals surface area contributed by atoms with Crippen LogP contribution in [0.15, 0.2) is 18.2 Å². The summed E-state index contributed by atoms with van der Waals surface area (Å²) in [5.74, 6) is 0.661. The van der Waals surface area contributed by atoms with Crippen LogP contribution in [-0.4, -0.2) is 35.4 Å². The number of likely N-dealkylation sites (tertiary alicyclic amines) is 1. The third-order valence-electron chi connectivity index (χ3n) is 4.37. The second kappa shape index (κ2) is 6.22. The molecule has 2 N–H and O–H groups in total. The zero-order chi connectivity index (χ0) is 15.6. The van der Waals surface area contributed by atoms with Crippen LogP contribution in [0, 0.1) is 28.9 Å². The molecule has 1 aliphatic heterocycles. The Bertz CT molecular complexity index is 559. The van der Waals surface area contributed by atoms with Crippen molar-refractivity contribution in [1.82, 2.24) is 4.90 Å². The maximum atomic E-state index is 12.6. The van der Waals surface area contributed by atoms with Gasteiger partial charge in [-0.2, -0.15) is 0 Å². The average molecular weight is 291 g/mol. The van der Waals surface area contributed by atoms with E-state index < -0.39 is 4.92 Å². The summed E-state index contributed by atoms with van der Waals surface area (Å²) >= 11 is 0. The molecule has 0 aromatic heterocycles. The number of rotatable bonds is 3. The smallest absolute Gasteiger partial charge is 0.270 e. The first-order chi connectivity index (χ1) is 9.93. The van der Waals surface area contributed by atoms with Crippen molar-refractivity contribution in [2.24, 2.45) is 17.6 Å². The van der Waals surface area contributed by atoms with Gasteiger partial charge in [0.2, 0.25) is 0 Å². The number of hydrogen-bond acceptors (Lipinski definition) is 4. The SMILES string of the molecule is Cc1ccc([N+](=O)[O-])cc1C(=O)N1CCC(C)C(CN)C1. The molecule has 2 unspecified atom stereocenters. The zero-order valence-corrected chi connectivity index (χ0v) is 12.4. The van der Waals surface area contributed by atoms with Crippen LogP contribution in [0.4, 0.5) is 5.69 Å². The van der Waals surface area contributed by atoms with E-state index in [1.807, 2.05) is 0 Å². The molecule has 0 saturated carbocycles. The largest absolute Gasteiger partial charge is 0.338 e. The summed E-state index contributed by atoms with van der Waals surface area (Å²) in [4.78, 5) is 24.8. The van der Waals surface area contributed by atoms with E-state index in [4.69, 9.17) is 5.73 Å². The number of non-ortho nitro benzene ring substituents is 1. The molecule has 21 heavy (non-hydrogen) atoms. The lowest BCUT2D eigenvalue weighted by atomic mass is 9.87. The second-order valence-electron chi connectivity index (χ2n) is 5.77. The van der Waals surface area contributed by atoms with Gasteiger partial charge >= 0.3 is 0 Å². The molecule has 6 nitrogen and oxygen atoms in total. The summed E-state index contributed by atoms with van der Waals surface area (Å²) in [5.41, 5.74) is 6.88. The normalized spacial score (nSPS) is 22.1. The van der Waals surface area contributed by atoms with Gasteiger partial charge in [-0.05, 0) is 37.3 Å². The topological polar surface area (TPSA) is 89.5 Å². The molecule has 1 aromatic carbocycles. The van der Waals surface area contributed by atoms with Crippen molar-refractivity contribution in [2.45, 2.75) is 20.3 Å². The lowest BCUT2D eigenvalue weighted by Crippen LogP contribution is -2.45. The van der Waals surface area contributed by atoms with E-state index in [0.717, 1.165) is 12.0 Å². The third-order valence-corrected chi connectivity index (χ3v) is 4.37. The van der Waals surface area contributed by atoms with Gasteiger partial charge in [0.25, 0.3) is 11.6 Å². The Morgan fingerprint density at radius 3 is 2.86 bits per heavy atom. The minimum absolute atomic E-state index is 0.0512. The molecule has 6 heteroatoms. The number of hydrogen-bond donors (Lipinski definition) is 1. The maximum absolute atomic E-state index is 12.6. The van der Waals surface area contributed by atoms with Crippen LogP contribution in [0.5, 0.6) is 0 Å². The lowest BCUT2D eigenvalue weighted by molar-refractivity contribution is -0.384. The summed E-state index contributed by atoms with van der Waals surface area (Å²) in [6.07, 6.45) is 0.918. The number of amides is 1. The number of nitrogens with two attached hydrogens (primary N) is 1. The first-order valence-electron chi connectivity index (χ1n) is 7.18. The number of benzene rings is 1. The molecule has 2 atom stereocenters. The highest BCUT2D eigenvalue weighted by molar-refractivity contribution is 5.96. The Kier molecular flexibility index (Phi) is 4.57. The van der Waals surface area contributed by atoms with Crippen molar-refractivity contribution < 1.29 is 9.72 Å². The molecule has 0 spiro atoms. The Balaban J connectivity index is 2.24. The molecule has 1 aliphatic rings. The second-order valence-corrected chi connectivity index (χ2v) is 5.77. The van der Waals surface area contributed by atoms with Crippen molar-refractivity contribution in [2.75, 3.05) is 19.6 Å². The van der Waals surface area contributed by atoms with E-state index in [1.165, 1.54) is 12.1 Å². The van der Waals surface area contributed by atoms with Gasteiger partial charge in [-0.15, -0.1) is 0 Å². The van der Waals surface area contributed by atoms with E-state index in [-0.39, 0.29) is 11.6 Å². The van der Waals surface area contributed by atoms with Gasteiger partial charge in [-0.3, -0.25) is 14.9 Å². The van der Waals surface area contributed by atoms with Gasteiger partial charge in [0.15, 0.2) is 0 Å². The fraction of sp³-hybridized carbons (Fsp3) is 0.533. The van der Waals surface area contributed by atoms with Crippen LogP contribution in [0.2, 0.25) is 0 Å². The highest BCUT2D eigenvalue weighted by atomic mass is 16.6. The van der Waals surface area contributed by atoms with Gasteiger partial charge in [0.1, 0.15) is 0 Å². The average Bonchev–Trinajstić information content (AvgIpc) is 2.47. The van der Waals surface area contributed by atoms with Gasteiger partial charge in [-0.25, -0.2) is 0 Å². The fourth-order valence-corrected chi connectivity index (χ4v) is 2.77. The molecule has 1 saturated heterocycles. The van der Waals surface area contributed by atoms with E-state index in [9.17, 15) is 14.9 Å². The van der Waals surface area contributed by atoms with E-state index >= 15 is 0 Å². The minimum atomic E-state index is -0.475. The summed E-state index contributed by atoms with van der Waals surface area (Å²) in [7, 11) is 0. The third kappa shape index (κ3) is 3.21. The van der Waals surface area contributed by atoms with Crippen LogP contribution >= 0.6 is 0 Å². The number of piperidine rings is 1. The number of carbonyl (C=O) groups excluding carboxylic acids is 1. The quantitative estimate of drug-likeness (QED) is 0.681. The number of nitro groups is 1. The van der Waals surface area contributed by atoms with Crippen LogP contribution in [0.1, 0.15) is 29.3 Å². The molecule has 114 valence electrons. The number of aryl methyl sites for hydroxylation is 1. The summed E-state index contributed by atoms with van der Waals surface area (Å²) in [6, 6.07) is 4.42. The zero-order valence-electron chi connectivity index (χ0n) is 12.4. The summed E-state index contributed by atoms with van der Waals surface area (Å²) < 4.78 is 0. The summed E-state index contributed by atoms with van der Waals surface area (Å²) in [6.45, 7) is 5.80. The predicted octanol–water partition coefficient (Wildman–Crippen LogP) is 1.96. The number of nitrogens with zero attached hydrogens (tertiary/aromatic N) is 2. The molecule has 0 bridgehead atoms. The highest BCUT2D eigenvalue weighted by Gasteiger charge is 2.29. The lowest BCUT2D eigenvalue weighted by Gasteiger charge is -2.36. The first-order valence-corrected chi connectivity index (χ1v) is 7.18. The standard InChI is InChI=1S/C15H21N3O3/c1-10-5-6-17(9-12(10)8-16)15(19)14-7-13(18(20)21)4-3-11(14)2/h3-4,7,10,12H,5-6,8-9,16H2,1-2H3. The van der Waals surface area contributed by atoms with Crippen LogP contribution in [0.3, 0.4) is 0 Å². The molecule has 1 aromatic rings. The van der Waals surface area contributed by atoms with E-state index in [0.29, 0.717) is 37.0 Å². The van der Waals surface area contributed by atoms with Crippen molar-refractivity contribution in [3.8, 4) is 0 Å². The van der Waals surface area contributed by atoms with Crippen molar-refractivity contribution >= 4 is 11.6 Å². The fourth-order valence-electron chi connectivity index (χ4n) is 2.77. The van der Waals surface area contributed by atoms with Gasteiger partial charge in [0.05, 0.1) is 4.92 Å². The van der Waals surface area contributed by atoms with Gasteiger partial charge in [0, 0.05) is 30.8 Å². The van der Waals surface area contributed by atoms with Crippen molar-refractivity contribution in [3.63, 3.8) is 0 Å². The Morgan fingerprint density at radius 2 is 2.24 bits per heavy atom.